The maximum atomic E-state index is 13.9. The highest BCUT2D eigenvalue weighted by molar-refractivity contribution is 7.25. The molecule has 0 fully saturated rings. The van der Waals surface area contributed by atoms with Crippen LogP contribution < -0.4 is 5.56 Å². The zero-order chi connectivity index (χ0) is 23.1. The molecule has 1 N–H and O–H groups in total. The smallest absolute Gasteiger partial charge is 0.263 e. The summed E-state index contributed by atoms with van der Waals surface area (Å²) < 4.78 is 8.00. The van der Waals surface area contributed by atoms with E-state index in [0.717, 1.165) is 22.9 Å². The first-order chi connectivity index (χ1) is 16.7. The van der Waals surface area contributed by atoms with E-state index in [1.54, 1.807) is 34.3 Å². The molecule has 0 bridgehead atoms. The number of benzene rings is 2. The third kappa shape index (κ3) is 3.73. The van der Waals surface area contributed by atoms with E-state index in [0.29, 0.717) is 39.5 Å². The second kappa shape index (κ2) is 8.59. The number of furan rings is 1. The van der Waals surface area contributed by atoms with Crippen molar-refractivity contribution >= 4 is 43.0 Å². The Labute approximate surface area is 203 Å². The molecule has 0 unspecified atom stereocenters. The summed E-state index contributed by atoms with van der Waals surface area (Å²) in [6, 6.07) is 21.6. The fraction of sp³-hybridized carbons (Fsp3) is 0.111. The van der Waals surface area contributed by atoms with Crippen molar-refractivity contribution in [1.29, 1.82) is 0 Å². The fourth-order valence-electron chi connectivity index (χ4n) is 4.31. The van der Waals surface area contributed by atoms with Crippen molar-refractivity contribution in [3.05, 3.63) is 105 Å². The molecule has 0 aliphatic heterocycles. The largest absolute Gasteiger partial charge is 0.506 e. The molecular formula is C27H20N2O3S2. The number of nitrogens with zero attached hydrogens (tertiary/aromatic N) is 2. The van der Waals surface area contributed by atoms with E-state index in [1.165, 1.54) is 16.2 Å². The van der Waals surface area contributed by atoms with Gasteiger partial charge in [0.25, 0.3) is 5.56 Å². The van der Waals surface area contributed by atoms with Crippen molar-refractivity contribution in [2.24, 2.45) is 0 Å². The molecule has 2 aromatic carbocycles. The first-order valence-electron chi connectivity index (χ1n) is 11.0. The SMILES string of the molecule is O=c1c2c(nc(-c3ccco3)n1CCc1cccs1)sc1c(O)cc(Cc3ccccc3)cc12. The first kappa shape index (κ1) is 20.9. The molecule has 0 aliphatic carbocycles. The van der Waals surface area contributed by atoms with Crippen LogP contribution in [0.3, 0.4) is 0 Å². The van der Waals surface area contributed by atoms with E-state index < -0.39 is 0 Å². The molecule has 0 radical (unpaired) electrons. The van der Waals surface area contributed by atoms with Gasteiger partial charge < -0.3 is 9.52 Å². The van der Waals surface area contributed by atoms with Gasteiger partial charge in [0, 0.05) is 16.8 Å². The number of aromatic nitrogens is 2. The summed E-state index contributed by atoms with van der Waals surface area (Å²) in [7, 11) is 0. The van der Waals surface area contributed by atoms with E-state index in [2.05, 4.69) is 18.2 Å². The highest BCUT2D eigenvalue weighted by Crippen LogP contribution is 2.39. The number of hydrogen-bond donors (Lipinski definition) is 1. The molecule has 0 saturated carbocycles. The second-order valence-corrected chi connectivity index (χ2v) is 10.2. The first-order valence-corrected chi connectivity index (χ1v) is 12.7. The van der Waals surface area contributed by atoms with Crippen molar-refractivity contribution in [2.75, 3.05) is 0 Å². The number of phenolic OH excluding ortho intramolecular Hbond substituents is 1. The topological polar surface area (TPSA) is 68.3 Å². The van der Waals surface area contributed by atoms with Crippen LogP contribution in [0.5, 0.6) is 5.75 Å². The molecule has 0 aliphatic rings. The Balaban J connectivity index is 1.54. The van der Waals surface area contributed by atoms with Gasteiger partial charge in [0.15, 0.2) is 11.6 Å². The van der Waals surface area contributed by atoms with Gasteiger partial charge in [-0.05, 0) is 59.7 Å². The minimum absolute atomic E-state index is 0.115. The molecule has 34 heavy (non-hydrogen) atoms. The molecule has 168 valence electrons. The number of aryl methyl sites for hydroxylation is 1. The molecule has 0 spiro atoms. The van der Waals surface area contributed by atoms with Gasteiger partial charge >= 0.3 is 0 Å². The molecule has 5 nitrogen and oxygen atoms in total. The predicted molar refractivity (Wildman–Crippen MR) is 138 cm³/mol. The van der Waals surface area contributed by atoms with E-state index in [9.17, 15) is 9.90 Å². The number of rotatable bonds is 6. The van der Waals surface area contributed by atoms with E-state index in [4.69, 9.17) is 9.40 Å². The lowest BCUT2D eigenvalue weighted by atomic mass is 10.0. The van der Waals surface area contributed by atoms with E-state index in [1.807, 2.05) is 41.8 Å². The molecular weight excluding hydrogens is 464 g/mol. The Kier molecular flexibility index (Phi) is 5.28. The van der Waals surface area contributed by atoms with Crippen molar-refractivity contribution in [3.63, 3.8) is 0 Å². The standard InChI is InChI=1S/C27H20N2O3S2/c30-21-16-18(14-17-6-2-1-3-7-17)15-20-23-26(34-24(20)21)28-25(22-9-4-12-32-22)29(27(23)31)11-10-19-8-5-13-33-19/h1-9,12-13,15-16,30H,10-11,14H2. The minimum Gasteiger partial charge on any atom is -0.506 e. The highest BCUT2D eigenvalue weighted by atomic mass is 32.1. The van der Waals surface area contributed by atoms with Gasteiger partial charge in [-0.3, -0.25) is 9.36 Å². The third-order valence-electron chi connectivity index (χ3n) is 5.89. The van der Waals surface area contributed by atoms with Crippen LogP contribution in [0.15, 0.2) is 87.6 Å². The summed E-state index contributed by atoms with van der Waals surface area (Å²) in [5.41, 5.74) is 1.98. The normalized spacial score (nSPS) is 11.5. The van der Waals surface area contributed by atoms with Gasteiger partial charge in [0.05, 0.1) is 16.3 Å². The number of aromatic hydroxyl groups is 1. The van der Waals surface area contributed by atoms with Gasteiger partial charge in [-0.2, -0.15) is 0 Å². The third-order valence-corrected chi connectivity index (χ3v) is 7.95. The van der Waals surface area contributed by atoms with Gasteiger partial charge in [0.2, 0.25) is 0 Å². The molecule has 0 amide bonds. The quantitative estimate of drug-likeness (QED) is 0.294. The Hall–Kier alpha value is -3.68. The lowest BCUT2D eigenvalue weighted by Gasteiger charge is -2.10. The summed E-state index contributed by atoms with van der Waals surface area (Å²) >= 11 is 3.01. The van der Waals surface area contributed by atoms with Gasteiger partial charge in [-0.15, -0.1) is 22.7 Å². The molecule has 6 rings (SSSR count). The van der Waals surface area contributed by atoms with E-state index in [-0.39, 0.29) is 11.3 Å². The van der Waals surface area contributed by atoms with Crippen LogP contribution >= 0.6 is 22.7 Å². The Morgan fingerprint density at radius 3 is 2.65 bits per heavy atom. The summed E-state index contributed by atoms with van der Waals surface area (Å²) in [6.45, 7) is 0.491. The summed E-state index contributed by atoms with van der Waals surface area (Å²) in [5.74, 6) is 1.24. The average molecular weight is 485 g/mol. The van der Waals surface area contributed by atoms with Crippen LogP contribution in [-0.2, 0) is 19.4 Å². The highest BCUT2D eigenvalue weighted by Gasteiger charge is 2.20. The zero-order valence-electron chi connectivity index (χ0n) is 18.1. The monoisotopic (exact) mass is 484 g/mol. The molecule has 6 aromatic rings. The lowest BCUT2D eigenvalue weighted by molar-refractivity contribution is 0.482. The van der Waals surface area contributed by atoms with Crippen molar-refractivity contribution < 1.29 is 9.52 Å². The number of fused-ring (bicyclic) bond motifs is 3. The summed E-state index contributed by atoms with van der Waals surface area (Å²) in [4.78, 5) is 20.5. The van der Waals surface area contributed by atoms with Crippen LogP contribution in [0.25, 0.3) is 31.9 Å². The van der Waals surface area contributed by atoms with Crippen LogP contribution in [0.1, 0.15) is 16.0 Å². The average Bonchev–Trinajstić information content (AvgIpc) is 3.60. The number of phenols is 1. The van der Waals surface area contributed by atoms with Gasteiger partial charge in [-0.1, -0.05) is 36.4 Å². The van der Waals surface area contributed by atoms with E-state index >= 15 is 0 Å². The predicted octanol–water partition coefficient (Wildman–Crippen LogP) is 6.47. The molecule has 0 saturated heterocycles. The second-order valence-electron chi connectivity index (χ2n) is 8.14. The molecule has 0 atom stereocenters. The Morgan fingerprint density at radius 2 is 1.88 bits per heavy atom. The fourth-order valence-corrected chi connectivity index (χ4v) is 6.07. The minimum atomic E-state index is -0.115. The van der Waals surface area contributed by atoms with Gasteiger partial charge in [0.1, 0.15) is 10.6 Å². The van der Waals surface area contributed by atoms with Gasteiger partial charge in [-0.25, -0.2) is 4.98 Å². The van der Waals surface area contributed by atoms with Crippen LogP contribution in [0.2, 0.25) is 0 Å². The summed E-state index contributed by atoms with van der Waals surface area (Å²) in [6.07, 6.45) is 2.99. The Morgan fingerprint density at radius 1 is 1.00 bits per heavy atom. The lowest BCUT2D eigenvalue weighted by Crippen LogP contribution is -2.24. The summed E-state index contributed by atoms with van der Waals surface area (Å²) in [5, 5.41) is 14.2. The molecule has 4 aromatic heterocycles. The van der Waals surface area contributed by atoms with Crippen LogP contribution in [0.4, 0.5) is 0 Å². The molecule has 7 heteroatoms. The number of thiophene rings is 2. The van der Waals surface area contributed by atoms with Crippen molar-refractivity contribution in [1.82, 2.24) is 9.55 Å². The van der Waals surface area contributed by atoms with Crippen molar-refractivity contribution in [3.8, 4) is 17.3 Å². The maximum absolute atomic E-state index is 13.9. The van der Waals surface area contributed by atoms with Crippen LogP contribution in [-0.4, -0.2) is 14.7 Å². The molecule has 4 heterocycles. The van der Waals surface area contributed by atoms with Crippen LogP contribution in [0, 0.1) is 0 Å². The zero-order valence-corrected chi connectivity index (χ0v) is 19.7. The maximum Gasteiger partial charge on any atom is 0.263 e. The Bertz CT molecular complexity index is 1650. The van der Waals surface area contributed by atoms with Crippen molar-refractivity contribution in [2.45, 2.75) is 19.4 Å². The number of hydrogen-bond acceptors (Lipinski definition) is 6.